The number of carbonyl (C=O) groups is 1. The number of hydrogen-bond acceptors (Lipinski definition) is 4. The van der Waals surface area contributed by atoms with Crippen LogP contribution in [0.1, 0.15) is 17.5 Å². The van der Waals surface area contributed by atoms with Crippen LogP contribution in [0.3, 0.4) is 0 Å². The highest BCUT2D eigenvalue weighted by Gasteiger charge is 2.13. The van der Waals surface area contributed by atoms with E-state index >= 15 is 0 Å². The van der Waals surface area contributed by atoms with Crippen molar-refractivity contribution >= 4 is 29.3 Å². The Hall–Kier alpha value is -1.85. The number of ether oxygens (including phenoxy) is 2. The van der Waals surface area contributed by atoms with E-state index in [0.717, 1.165) is 39.2 Å². The first-order chi connectivity index (χ1) is 12.2. The zero-order valence-corrected chi connectivity index (χ0v) is 15.4. The molecule has 1 aliphatic rings. The molecule has 0 atom stereocenters. The molecule has 0 aliphatic carbocycles. The smallest absolute Gasteiger partial charge is 0.231 e. The van der Waals surface area contributed by atoms with Crippen LogP contribution in [0, 0.1) is 0 Å². The Labute approximate surface area is 156 Å². The number of amides is 1. The fourth-order valence-corrected chi connectivity index (χ4v) is 3.65. The molecule has 0 saturated heterocycles. The summed E-state index contributed by atoms with van der Waals surface area (Å²) >= 11 is 7.88. The minimum absolute atomic E-state index is 0.0658. The number of aryl methyl sites for hydroxylation is 1. The summed E-state index contributed by atoms with van der Waals surface area (Å²) in [7, 11) is 0. The van der Waals surface area contributed by atoms with Gasteiger partial charge in [0.05, 0.1) is 0 Å². The van der Waals surface area contributed by atoms with Crippen LogP contribution in [0.5, 0.6) is 11.5 Å². The average Bonchev–Trinajstić information content (AvgIpc) is 3.09. The maximum atomic E-state index is 11.9. The van der Waals surface area contributed by atoms with Gasteiger partial charge in [-0.25, -0.2) is 0 Å². The molecule has 0 unspecified atom stereocenters. The Morgan fingerprint density at radius 2 is 2.00 bits per heavy atom. The largest absolute Gasteiger partial charge is 0.454 e. The van der Waals surface area contributed by atoms with Crippen LogP contribution in [0.25, 0.3) is 0 Å². The summed E-state index contributed by atoms with van der Waals surface area (Å²) in [6.07, 6.45) is 1.16. The van der Waals surface area contributed by atoms with Crippen molar-refractivity contribution in [2.24, 2.45) is 0 Å². The Kier molecular flexibility index (Phi) is 6.48. The van der Waals surface area contributed by atoms with Gasteiger partial charge in [0, 0.05) is 29.5 Å². The fourth-order valence-electron chi connectivity index (χ4n) is 2.50. The summed E-state index contributed by atoms with van der Waals surface area (Å²) in [5, 5.41) is 3.75. The molecule has 0 saturated carbocycles. The van der Waals surface area contributed by atoms with Gasteiger partial charge in [0.1, 0.15) is 0 Å². The molecule has 6 heteroatoms. The van der Waals surface area contributed by atoms with E-state index in [1.54, 1.807) is 11.8 Å². The summed E-state index contributed by atoms with van der Waals surface area (Å²) < 4.78 is 10.6. The maximum absolute atomic E-state index is 11.9. The normalized spacial score (nSPS) is 12.2. The molecule has 0 aromatic heterocycles. The second kappa shape index (κ2) is 9.02. The summed E-state index contributed by atoms with van der Waals surface area (Å²) in [6, 6.07) is 13.6. The van der Waals surface area contributed by atoms with Crippen LogP contribution in [0.15, 0.2) is 42.5 Å². The van der Waals surface area contributed by atoms with Gasteiger partial charge in [-0.15, -0.1) is 0 Å². The highest BCUT2D eigenvalue weighted by molar-refractivity contribution is 7.98. The first-order valence-electron chi connectivity index (χ1n) is 8.19. The van der Waals surface area contributed by atoms with Gasteiger partial charge in [-0.3, -0.25) is 4.79 Å². The van der Waals surface area contributed by atoms with E-state index in [1.807, 2.05) is 42.5 Å². The third kappa shape index (κ3) is 5.31. The van der Waals surface area contributed by atoms with Crippen LogP contribution >= 0.6 is 23.4 Å². The van der Waals surface area contributed by atoms with Crippen LogP contribution < -0.4 is 14.8 Å². The number of halogens is 1. The van der Waals surface area contributed by atoms with Crippen LogP contribution in [-0.2, 0) is 17.0 Å². The van der Waals surface area contributed by atoms with Crippen molar-refractivity contribution in [1.29, 1.82) is 0 Å². The fraction of sp³-hybridized carbons (Fsp3) is 0.316. The lowest BCUT2D eigenvalue weighted by atomic mass is 10.1. The molecule has 132 valence electrons. The Balaban J connectivity index is 1.31. The van der Waals surface area contributed by atoms with Gasteiger partial charge in [0.25, 0.3) is 0 Å². The molecule has 0 spiro atoms. The third-order valence-electron chi connectivity index (χ3n) is 3.86. The van der Waals surface area contributed by atoms with Crippen LogP contribution in [-0.4, -0.2) is 25.0 Å². The van der Waals surface area contributed by atoms with Crippen LogP contribution in [0.4, 0.5) is 0 Å². The average molecular weight is 378 g/mol. The second-order valence-electron chi connectivity index (χ2n) is 5.68. The minimum Gasteiger partial charge on any atom is -0.454 e. The van der Waals surface area contributed by atoms with Gasteiger partial charge in [-0.1, -0.05) is 35.9 Å². The molecule has 3 rings (SSSR count). The lowest BCUT2D eigenvalue weighted by Crippen LogP contribution is -2.25. The molecule has 2 aromatic rings. The molecule has 4 nitrogen and oxygen atoms in total. The Morgan fingerprint density at radius 1 is 1.16 bits per heavy atom. The summed E-state index contributed by atoms with van der Waals surface area (Å²) in [6.45, 7) is 0.931. The zero-order chi connectivity index (χ0) is 17.5. The van der Waals surface area contributed by atoms with Gasteiger partial charge < -0.3 is 14.8 Å². The highest BCUT2D eigenvalue weighted by Crippen LogP contribution is 2.32. The standard InChI is InChI=1S/C19H20ClNO3S/c20-16-4-2-1-3-15(16)12-25-10-9-21-19(22)8-6-14-5-7-17-18(11-14)24-13-23-17/h1-5,7,11H,6,8-10,12-13H2,(H,21,22). The van der Waals surface area contributed by atoms with Gasteiger partial charge in [-0.05, 0) is 35.7 Å². The number of fused-ring (bicyclic) bond motifs is 1. The van der Waals surface area contributed by atoms with Crippen molar-refractivity contribution in [2.45, 2.75) is 18.6 Å². The molecule has 0 fully saturated rings. The van der Waals surface area contributed by atoms with Crippen molar-refractivity contribution in [3.63, 3.8) is 0 Å². The summed E-state index contributed by atoms with van der Waals surface area (Å²) in [5.41, 5.74) is 2.20. The van der Waals surface area contributed by atoms with E-state index < -0.39 is 0 Å². The minimum atomic E-state index is 0.0658. The molecule has 0 bridgehead atoms. The zero-order valence-electron chi connectivity index (χ0n) is 13.8. The van der Waals surface area contributed by atoms with Crippen molar-refractivity contribution < 1.29 is 14.3 Å². The first kappa shape index (κ1) is 18.0. The molecule has 1 aliphatic heterocycles. The topological polar surface area (TPSA) is 47.6 Å². The summed E-state index contributed by atoms with van der Waals surface area (Å²) in [5.74, 6) is 3.31. The van der Waals surface area contributed by atoms with Crippen molar-refractivity contribution in [1.82, 2.24) is 5.32 Å². The van der Waals surface area contributed by atoms with E-state index in [0.29, 0.717) is 19.4 Å². The number of nitrogens with one attached hydrogen (secondary N) is 1. The molecule has 1 amide bonds. The first-order valence-corrected chi connectivity index (χ1v) is 9.72. The van der Waals surface area contributed by atoms with Gasteiger partial charge >= 0.3 is 0 Å². The SMILES string of the molecule is O=C(CCc1ccc2c(c1)OCO2)NCCSCc1ccccc1Cl. The predicted molar refractivity (Wildman–Crippen MR) is 102 cm³/mol. The second-order valence-corrected chi connectivity index (χ2v) is 7.19. The molecular weight excluding hydrogens is 358 g/mol. The number of hydrogen-bond donors (Lipinski definition) is 1. The highest BCUT2D eigenvalue weighted by atomic mass is 35.5. The molecule has 25 heavy (non-hydrogen) atoms. The number of benzene rings is 2. The molecule has 2 aromatic carbocycles. The molecule has 1 heterocycles. The quantitative estimate of drug-likeness (QED) is 0.705. The molecular formula is C19H20ClNO3S. The van der Waals surface area contributed by atoms with Gasteiger partial charge in [0.15, 0.2) is 11.5 Å². The van der Waals surface area contributed by atoms with E-state index in [2.05, 4.69) is 5.32 Å². The van der Waals surface area contributed by atoms with Crippen molar-refractivity contribution in [2.75, 3.05) is 19.1 Å². The lowest BCUT2D eigenvalue weighted by molar-refractivity contribution is -0.120. The van der Waals surface area contributed by atoms with Crippen molar-refractivity contribution in [3.8, 4) is 11.5 Å². The molecule has 1 N–H and O–H groups in total. The Bertz CT molecular complexity index is 738. The van der Waals surface area contributed by atoms with E-state index in [-0.39, 0.29) is 12.7 Å². The number of thioether (sulfide) groups is 1. The van der Waals surface area contributed by atoms with E-state index in [4.69, 9.17) is 21.1 Å². The number of carbonyl (C=O) groups excluding carboxylic acids is 1. The van der Waals surface area contributed by atoms with Gasteiger partial charge in [-0.2, -0.15) is 11.8 Å². The van der Waals surface area contributed by atoms with Crippen LogP contribution in [0.2, 0.25) is 5.02 Å². The van der Waals surface area contributed by atoms with Crippen molar-refractivity contribution in [3.05, 3.63) is 58.6 Å². The third-order valence-corrected chi connectivity index (χ3v) is 5.24. The number of rotatable bonds is 8. The van der Waals surface area contributed by atoms with E-state index in [1.165, 1.54) is 0 Å². The monoisotopic (exact) mass is 377 g/mol. The Morgan fingerprint density at radius 3 is 2.88 bits per heavy atom. The van der Waals surface area contributed by atoms with E-state index in [9.17, 15) is 4.79 Å². The summed E-state index contributed by atoms with van der Waals surface area (Å²) in [4.78, 5) is 11.9. The van der Waals surface area contributed by atoms with Gasteiger partial charge in [0.2, 0.25) is 12.7 Å². The molecule has 0 radical (unpaired) electrons. The maximum Gasteiger partial charge on any atom is 0.231 e. The predicted octanol–water partition coefficient (Wildman–Crippen LogP) is 4.05. The lowest BCUT2D eigenvalue weighted by Gasteiger charge is -2.07.